The van der Waals surface area contributed by atoms with Crippen LogP contribution in [0.3, 0.4) is 0 Å². The standard InChI is InChI=1S/C12H17BFNO2/c1-8-4-9(11(14)10(15)5-8)13-16-6-12(2,3)7-17-13/h4-5H,6-7,15H2,1-3H3. The van der Waals surface area contributed by atoms with Crippen LogP contribution in [0, 0.1) is 18.2 Å². The summed E-state index contributed by atoms with van der Waals surface area (Å²) in [4.78, 5) is 0. The van der Waals surface area contributed by atoms with Crippen molar-refractivity contribution in [3.63, 3.8) is 0 Å². The van der Waals surface area contributed by atoms with Gasteiger partial charge in [-0.3, -0.25) is 0 Å². The number of anilines is 1. The summed E-state index contributed by atoms with van der Waals surface area (Å²) in [5, 5.41) is 0. The number of nitrogen functional groups attached to an aromatic ring is 1. The number of benzene rings is 1. The van der Waals surface area contributed by atoms with Gasteiger partial charge < -0.3 is 15.0 Å². The molecule has 92 valence electrons. The van der Waals surface area contributed by atoms with Gasteiger partial charge in [-0.2, -0.15) is 0 Å². The summed E-state index contributed by atoms with van der Waals surface area (Å²) in [6.07, 6.45) is 0. The predicted octanol–water partition coefficient (Wildman–Crippen LogP) is 1.48. The van der Waals surface area contributed by atoms with Crippen molar-refractivity contribution in [2.75, 3.05) is 18.9 Å². The van der Waals surface area contributed by atoms with Gasteiger partial charge in [0, 0.05) is 24.1 Å². The monoisotopic (exact) mass is 237 g/mol. The molecule has 17 heavy (non-hydrogen) atoms. The molecule has 0 aromatic heterocycles. The lowest BCUT2D eigenvalue weighted by Crippen LogP contribution is -2.48. The minimum absolute atomic E-state index is 0.0255. The molecule has 3 nitrogen and oxygen atoms in total. The van der Waals surface area contributed by atoms with Crippen molar-refractivity contribution in [2.45, 2.75) is 20.8 Å². The first-order valence-electron chi connectivity index (χ1n) is 5.68. The van der Waals surface area contributed by atoms with Crippen molar-refractivity contribution in [1.82, 2.24) is 0 Å². The Morgan fingerprint density at radius 1 is 1.29 bits per heavy atom. The van der Waals surface area contributed by atoms with Crippen LogP contribution in [0.4, 0.5) is 10.1 Å². The normalized spacial score (nSPS) is 19.4. The summed E-state index contributed by atoms with van der Waals surface area (Å²) in [5.74, 6) is -0.444. The molecule has 0 amide bonds. The van der Waals surface area contributed by atoms with Crippen molar-refractivity contribution in [1.29, 1.82) is 0 Å². The molecule has 1 aromatic carbocycles. The lowest BCUT2D eigenvalue weighted by Gasteiger charge is -2.33. The van der Waals surface area contributed by atoms with E-state index in [-0.39, 0.29) is 11.1 Å². The van der Waals surface area contributed by atoms with Crippen molar-refractivity contribution in [2.24, 2.45) is 5.41 Å². The van der Waals surface area contributed by atoms with E-state index in [1.165, 1.54) is 0 Å². The summed E-state index contributed by atoms with van der Waals surface area (Å²) in [6.45, 7) is 7.05. The topological polar surface area (TPSA) is 44.5 Å². The van der Waals surface area contributed by atoms with E-state index < -0.39 is 12.9 Å². The van der Waals surface area contributed by atoms with E-state index >= 15 is 0 Å². The lowest BCUT2D eigenvalue weighted by atomic mass is 9.75. The van der Waals surface area contributed by atoms with Gasteiger partial charge >= 0.3 is 7.12 Å². The van der Waals surface area contributed by atoms with E-state index in [2.05, 4.69) is 0 Å². The predicted molar refractivity (Wildman–Crippen MR) is 66.6 cm³/mol. The van der Waals surface area contributed by atoms with Crippen LogP contribution in [0.2, 0.25) is 0 Å². The quantitative estimate of drug-likeness (QED) is 0.594. The highest BCUT2D eigenvalue weighted by Crippen LogP contribution is 2.22. The molecule has 1 aromatic rings. The molecule has 1 saturated heterocycles. The van der Waals surface area contributed by atoms with Gasteiger partial charge in [-0.15, -0.1) is 0 Å². The Hall–Kier alpha value is -1.07. The third-order valence-electron chi connectivity index (χ3n) is 2.78. The second-order valence-corrected chi connectivity index (χ2v) is 5.38. The Labute approximate surface area is 101 Å². The molecule has 0 radical (unpaired) electrons. The van der Waals surface area contributed by atoms with Crippen molar-refractivity contribution in [3.05, 3.63) is 23.5 Å². The first-order chi connectivity index (χ1) is 7.89. The molecule has 0 bridgehead atoms. The number of halogens is 1. The smallest absolute Gasteiger partial charge is 0.407 e. The van der Waals surface area contributed by atoms with E-state index in [0.717, 1.165) is 5.56 Å². The average molecular weight is 237 g/mol. The lowest BCUT2D eigenvalue weighted by molar-refractivity contribution is 0.0340. The molecule has 5 heteroatoms. The Bertz CT molecular complexity index is 427. The van der Waals surface area contributed by atoms with Gasteiger partial charge in [0.2, 0.25) is 0 Å². The van der Waals surface area contributed by atoms with Crippen LogP contribution in [0.1, 0.15) is 19.4 Å². The van der Waals surface area contributed by atoms with Gasteiger partial charge in [0.05, 0.1) is 5.69 Å². The summed E-state index contributed by atoms with van der Waals surface area (Å²) >= 11 is 0. The van der Waals surface area contributed by atoms with Crippen LogP contribution in [-0.4, -0.2) is 20.3 Å². The van der Waals surface area contributed by atoms with Gasteiger partial charge in [-0.25, -0.2) is 4.39 Å². The van der Waals surface area contributed by atoms with E-state index in [1.807, 2.05) is 20.8 Å². The minimum atomic E-state index is -0.648. The Morgan fingerprint density at radius 2 is 1.88 bits per heavy atom. The minimum Gasteiger partial charge on any atom is -0.407 e. The second kappa shape index (κ2) is 4.31. The molecule has 0 spiro atoms. The van der Waals surface area contributed by atoms with Crippen molar-refractivity contribution < 1.29 is 13.7 Å². The third-order valence-corrected chi connectivity index (χ3v) is 2.78. The first kappa shape index (κ1) is 12.4. The molecule has 2 N–H and O–H groups in total. The zero-order valence-electron chi connectivity index (χ0n) is 10.4. The molecule has 0 atom stereocenters. The summed E-state index contributed by atoms with van der Waals surface area (Å²) in [7, 11) is -0.648. The largest absolute Gasteiger partial charge is 0.497 e. The van der Waals surface area contributed by atoms with Crippen LogP contribution in [-0.2, 0) is 9.31 Å². The summed E-state index contributed by atoms with van der Waals surface area (Å²) in [5.41, 5.74) is 6.99. The Morgan fingerprint density at radius 3 is 2.47 bits per heavy atom. The van der Waals surface area contributed by atoms with Gasteiger partial charge in [-0.05, 0) is 18.6 Å². The van der Waals surface area contributed by atoms with Gasteiger partial charge in [-0.1, -0.05) is 19.9 Å². The molecule has 1 heterocycles. The average Bonchev–Trinajstić information content (AvgIpc) is 2.24. The summed E-state index contributed by atoms with van der Waals surface area (Å²) in [6, 6.07) is 3.32. The second-order valence-electron chi connectivity index (χ2n) is 5.38. The number of hydrogen-bond donors (Lipinski definition) is 1. The summed E-state index contributed by atoms with van der Waals surface area (Å²) < 4.78 is 25.0. The van der Waals surface area contributed by atoms with Gasteiger partial charge in [0.15, 0.2) is 0 Å². The fourth-order valence-corrected chi connectivity index (χ4v) is 1.87. The number of hydrogen-bond acceptors (Lipinski definition) is 3. The molecule has 0 aliphatic carbocycles. The highest BCUT2D eigenvalue weighted by Gasteiger charge is 2.35. The van der Waals surface area contributed by atoms with E-state index in [0.29, 0.717) is 18.7 Å². The van der Waals surface area contributed by atoms with Crippen molar-refractivity contribution in [3.8, 4) is 0 Å². The SMILES string of the molecule is Cc1cc(N)c(F)c(B2OCC(C)(C)CO2)c1. The maximum Gasteiger partial charge on any atom is 0.497 e. The van der Waals surface area contributed by atoms with Crippen LogP contribution in [0.25, 0.3) is 0 Å². The molecule has 0 saturated carbocycles. The van der Waals surface area contributed by atoms with Crippen LogP contribution < -0.4 is 11.2 Å². The number of rotatable bonds is 1. The Balaban J connectivity index is 2.24. The first-order valence-corrected chi connectivity index (χ1v) is 5.68. The van der Waals surface area contributed by atoms with E-state index in [4.69, 9.17) is 15.0 Å². The maximum absolute atomic E-state index is 13.9. The Kier molecular flexibility index (Phi) is 3.14. The zero-order valence-corrected chi connectivity index (χ0v) is 10.4. The highest BCUT2D eigenvalue weighted by atomic mass is 19.1. The van der Waals surface area contributed by atoms with E-state index in [9.17, 15) is 4.39 Å². The number of nitrogens with two attached hydrogens (primary N) is 1. The van der Waals surface area contributed by atoms with E-state index in [1.54, 1.807) is 12.1 Å². The molecular weight excluding hydrogens is 220 g/mol. The fourth-order valence-electron chi connectivity index (χ4n) is 1.87. The zero-order chi connectivity index (χ0) is 12.6. The third kappa shape index (κ3) is 2.61. The highest BCUT2D eigenvalue weighted by molar-refractivity contribution is 6.61. The fraction of sp³-hybridized carbons (Fsp3) is 0.500. The van der Waals surface area contributed by atoms with Crippen LogP contribution in [0.5, 0.6) is 0 Å². The van der Waals surface area contributed by atoms with Gasteiger partial charge in [0.1, 0.15) is 5.82 Å². The molecule has 1 aliphatic rings. The molecule has 2 rings (SSSR count). The molecule has 1 fully saturated rings. The van der Waals surface area contributed by atoms with Crippen molar-refractivity contribution >= 4 is 18.3 Å². The maximum atomic E-state index is 13.9. The van der Waals surface area contributed by atoms with Crippen LogP contribution in [0.15, 0.2) is 12.1 Å². The van der Waals surface area contributed by atoms with Gasteiger partial charge in [0.25, 0.3) is 0 Å². The van der Waals surface area contributed by atoms with Crippen LogP contribution >= 0.6 is 0 Å². The molecule has 1 aliphatic heterocycles. The molecular formula is C12H17BFNO2. The number of aryl methyl sites for hydroxylation is 1. The molecule has 0 unspecified atom stereocenters.